The molecule has 1 saturated heterocycles. The predicted octanol–water partition coefficient (Wildman–Crippen LogP) is 0.839. The number of cyclic esters (lactones) is 1. The maximum Gasteiger partial charge on any atom is 0.414 e. The smallest absolute Gasteiger partial charge is 0.414 e. The fraction of sp³-hybridized carbons (Fsp3) is 0.333. The summed E-state index contributed by atoms with van der Waals surface area (Å²) in [5.74, 6) is 0.211. The van der Waals surface area contributed by atoms with Gasteiger partial charge < -0.3 is 14.8 Å². The first-order valence-electron chi connectivity index (χ1n) is 5.62. The van der Waals surface area contributed by atoms with Gasteiger partial charge in [-0.15, -0.1) is 0 Å². The topological polar surface area (TPSA) is 76.7 Å². The SMILES string of the molecule is COc1ccc2c(c1)NCC2C1OC(=O)NC1=O. The van der Waals surface area contributed by atoms with Crippen LogP contribution in [0.25, 0.3) is 0 Å². The minimum Gasteiger partial charge on any atom is -0.497 e. The van der Waals surface area contributed by atoms with Crippen LogP contribution in [-0.4, -0.2) is 31.8 Å². The van der Waals surface area contributed by atoms with Gasteiger partial charge in [0.1, 0.15) is 5.75 Å². The van der Waals surface area contributed by atoms with Crippen LogP contribution in [0.15, 0.2) is 18.2 Å². The Kier molecular flexibility index (Phi) is 2.36. The number of ether oxygens (including phenoxy) is 2. The summed E-state index contributed by atoms with van der Waals surface area (Å²) in [7, 11) is 1.60. The van der Waals surface area contributed by atoms with Crippen LogP contribution < -0.4 is 15.4 Å². The molecule has 0 bridgehead atoms. The van der Waals surface area contributed by atoms with Crippen molar-refractivity contribution in [2.24, 2.45) is 0 Å². The molecule has 94 valence electrons. The van der Waals surface area contributed by atoms with E-state index in [9.17, 15) is 9.59 Å². The minimum absolute atomic E-state index is 0.155. The zero-order valence-corrected chi connectivity index (χ0v) is 9.73. The normalized spacial score (nSPS) is 25.2. The number of hydrogen-bond acceptors (Lipinski definition) is 5. The molecule has 0 spiro atoms. The Morgan fingerprint density at radius 1 is 1.39 bits per heavy atom. The highest BCUT2D eigenvalue weighted by molar-refractivity contribution is 6.00. The van der Waals surface area contributed by atoms with Gasteiger partial charge in [-0.1, -0.05) is 6.07 Å². The first kappa shape index (κ1) is 10.9. The molecular formula is C12H12N2O4. The molecule has 3 rings (SSSR count). The third-order valence-electron chi connectivity index (χ3n) is 3.26. The number of imide groups is 1. The zero-order valence-electron chi connectivity index (χ0n) is 9.73. The van der Waals surface area contributed by atoms with Gasteiger partial charge in [0.25, 0.3) is 5.91 Å². The van der Waals surface area contributed by atoms with E-state index < -0.39 is 12.2 Å². The van der Waals surface area contributed by atoms with Crippen molar-refractivity contribution in [1.82, 2.24) is 5.32 Å². The molecule has 0 aliphatic carbocycles. The van der Waals surface area contributed by atoms with E-state index in [1.165, 1.54) is 0 Å². The lowest BCUT2D eigenvalue weighted by molar-refractivity contribution is -0.124. The summed E-state index contributed by atoms with van der Waals surface area (Å²) in [5.41, 5.74) is 1.88. The molecule has 2 amide bonds. The first-order valence-corrected chi connectivity index (χ1v) is 5.62. The van der Waals surface area contributed by atoms with E-state index in [1.807, 2.05) is 18.2 Å². The van der Waals surface area contributed by atoms with E-state index >= 15 is 0 Å². The molecule has 2 N–H and O–H groups in total. The molecule has 1 aromatic rings. The van der Waals surface area contributed by atoms with Gasteiger partial charge in [-0.3, -0.25) is 10.1 Å². The first-order chi connectivity index (χ1) is 8.69. The highest BCUT2D eigenvalue weighted by Gasteiger charge is 2.42. The van der Waals surface area contributed by atoms with E-state index in [2.05, 4.69) is 10.6 Å². The Hall–Kier alpha value is -2.24. The summed E-state index contributed by atoms with van der Waals surface area (Å²) in [6, 6.07) is 5.58. The maximum atomic E-state index is 11.6. The molecule has 0 aromatic heterocycles. The van der Waals surface area contributed by atoms with Crippen molar-refractivity contribution in [1.29, 1.82) is 0 Å². The highest BCUT2D eigenvalue weighted by atomic mass is 16.6. The average Bonchev–Trinajstić information content (AvgIpc) is 2.91. The third kappa shape index (κ3) is 1.57. The number of fused-ring (bicyclic) bond motifs is 1. The van der Waals surface area contributed by atoms with Gasteiger partial charge >= 0.3 is 6.09 Å². The van der Waals surface area contributed by atoms with E-state index in [0.717, 1.165) is 17.0 Å². The second-order valence-corrected chi connectivity index (χ2v) is 4.26. The number of benzene rings is 1. The molecular weight excluding hydrogens is 236 g/mol. The molecule has 18 heavy (non-hydrogen) atoms. The molecule has 2 heterocycles. The van der Waals surface area contributed by atoms with Crippen LogP contribution in [-0.2, 0) is 9.53 Å². The van der Waals surface area contributed by atoms with Crippen molar-refractivity contribution < 1.29 is 19.1 Å². The largest absolute Gasteiger partial charge is 0.497 e. The van der Waals surface area contributed by atoms with Gasteiger partial charge in [0, 0.05) is 24.2 Å². The van der Waals surface area contributed by atoms with Gasteiger partial charge in [0.15, 0.2) is 6.10 Å². The van der Waals surface area contributed by atoms with Gasteiger partial charge in [-0.05, 0) is 11.6 Å². The molecule has 0 saturated carbocycles. The minimum atomic E-state index is -0.750. The van der Waals surface area contributed by atoms with Crippen molar-refractivity contribution in [2.45, 2.75) is 12.0 Å². The van der Waals surface area contributed by atoms with Crippen LogP contribution in [0.3, 0.4) is 0 Å². The van der Waals surface area contributed by atoms with E-state index in [4.69, 9.17) is 9.47 Å². The van der Waals surface area contributed by atoms with Crippen LogP contribution in [0.2, 0.25) is 0 Å². The zero-order chi connectivity index (χ0) is 12.7. The molecule has 6 nitrogen and oxygen atoms in total. The van der Waals surface area contributed by atoms with E-state index in [0.29, 0.717) is 6.54 Å². The summed E-state index contributed by atoms with van der Waals surface area (Å²) in [6.45, 7) is 0.563. The van der Waals surface area contributed by atoms with Crippen LogP contribution in [0.4, 0.5) is 10.5 Å². The van der Waals surface area contributed by atoms with Crippen LogP contribution in [0.5, 0.6) is 5.75 Å². The van der Waals surface area contributed by atoms with Gasteiger partial charge in [-0.2, -0.15) is 0 Å². The molecule has 1 aromatic carbocycles. The molecule has 0 radical (unpaired) electrons. The Morgan fingerprint density at radius 3 is 2.89 bits per heavy atom. The van der Waals surface area contributed by atoms with Crippen LogP contribution >= 0.6 is 0 Å². The summed E-state index contributed by atoms with van der Waals surface area (Å²) in [5, 5.41) is 5.33. The summed E-state index contributed by atoms with van der Waals surface area (Å²) >= 11 is 0. The van der Waals surface area contributed by atoms with Crippen molar-refractivity contribution in [3.05, 3.63) is 23.8 Å². The number of anilines is 1. The Bertz CT molecular complexity index is 529. The van der Waals surface area contributed by atoms with Crippen molar-refractivity contribution in [2.75, 3.05) is 19.0 Å². The average molecular weight is 248 g/mol. The Balaban J connectivity index is 1.91. The Morgan fingerprint density at radius 2 is 2.22 bits per heavy atom. The van der Waals surface area contributed by atoms with E-state index in [1.54, 1.807) is 7.11 Å². The number of carbonyl (C=O) groups is 2. The second kappa shape index (κ2) is 3.90. The number of hydrogen-bond donors (Lipinski definition) is 2. The maximum absolute atomic E-state index is 11.6. The van der Waals surface area contributed by atoms with Gasteiger partial charge in [-0.25, -0.2) is 4.79 Å². The Labute approximate surface area is 103 Å². The molecule has 2 aliphatic heterocycles. The lowest BCUT2D eigenvalue weighted by atomic mass is 9.95. The molecule has 2 unspecified atom stereocenters. The molecule has 1 fully saturated rings. The van der Waals surface area contributed by atoms with Gasteiger partial charge in [0.05, 0.1) is 7.11 Å². The summed E-state index contributed by atoms with van der Waals surface area (Å²) in [4.78, 5) is 22.6. The molecule has 6 heteroatoms. The standard InChI is InChI=1S/C12H12N2O4/c1-17-6-2-3-7-8(5-13-9(7)4-6)10-11(15)14-12(16)18-10/h2-4,8,10,13H,5H2,1H3,(H,14,15,16). The lowest BCUT2D eigenvalue weighted by Crippen LogP contribution is -2.30. The number of methoxy groups -OCH3 is 1. The molecule has 2 atom stereocenters. The van der Waals surface area contributed by atoms with Crippen molar-refractivity contribution in [3.63, 3.8) is 0 Å². The predicted molar refractivity (Wildman–Crippen MR) is 62.6 cm³/mol. The van der Waals surface area contributed by atoms with Crippen LogP contribution in [0.1, 0.15) is 11.5 Å². The fourth-order valence-electron chi connectivity index (χ4n) is 2.37. The van der Waals surface area contributed by atoms with Gasteiger partial charge in [0.2, 0.25) is 0 Å². The quantitative estimate of drug-likeness (QED) is 0.811. The van der Waals surface area contributed by atoms with E-state index in [-0.39, 0.29) is 11.8 Å². The monoisotopic (exact) mass is 248 g/mol. The van der Waals surface area contributed by atoms with Crippen molar-refractivity contribution >= 4 is 17.7 Å². The number of alkyl carbamates (subject to hydrolysis) is 1. The number of nitrogens with one attached hydrogen (secondary N) is 2. The number of amides is 2. The highest BCUT2D eigenvalue weighted by Crippen LogP contribution is 2.37. The number of rotatable bonds is 2. The number of carbonyl (C=O) groups excluding carboxylic acids is 2. The van der Waals surface area contributed by atoms with Crippen molar-refractivity contribution in [3.8, 4) is 5.75 Å². The van der Waals surface area contributed by atoms with Crippen LogP contribution in [0, 0.1) is 0 Å². The lowest BCUT2D eigenvalue weighted by Gasteiger charge is -2.14. The molecule has 2 aliphatic rings. The summed E-state index contributed by atoms with van der Waals surface area (Å²) < 4.78 is 10.1. The second-order valence-electron chi connectivity index (χ2n) is 4.26. The third-order valence-corrected chi connectivity index (χ3v) is 3.26. The summed E-state index contributed by atoms with van der Waals surface area (Å²) in [6.07, 6.45) is -1.42. The fourth-order valence-corrected chi connectivity index (χ4v) is 2.37.